The van der Waals surface area contributed by atoms with Gasteiger partial charge in [-0.15, -0.1) is 10.2 Å². The molecule has 12 heteroatoms. The molecular weight excluding hydrogens is 483 g/mol. The molecule has 1 atom stereocenters. The number of urea groups is 1. The van der Waals surface area contributed by atoms with E-state index in [4.69, 9.17) is 0 Å². The summed E-state index contributed by atoms with van der Waals surface area (Å²) in [5, 5.41) is 17.1. The molecule has 0 spiro atoms. The van der Waals surface area contributed by atoms with Crippen molar-refractivity contribution < 1.29 is 14.0 Å². The topological polar surface area (TPSA) is 127 Å². The Morgan fingerprint density at radius 1 is 1.14 bits per heavy atom. The summed E-state index contributed by atoms with van der Waals surface area (Å²) in [6.45, 7) is 4.04. The van der Waals surface area contributed by atoms with E-state index in [2.05, 4.69) is 36.1 Å². The van der Waals surface area contributed by atoms with E-state index >= 15 is 0 Å². The molecule has 184 valence electrons. The van der Waals surface area contributed by atoms with Crippen molar-refractivity contribution in [2.45, 2.75) is 38.8 Å². The largest absolute Gasteiger partial charge is 0.359 e. The van der Waals surface area contributed by atoms with Gasteiger partial charge in [-0.25, -0.2) is 19.2 Å². The van der Waals surface area contributed by atoms with Gasteiger partial charge in [-0.1, -0.05) is 17.4 Å². The maximum absolute atomic E-state index is 13.2. The van der Waals surface area contributed by atoms with Crippen molar-refractivity contribution in [1.29, 1.82) is 0 Å². The molecule has 0 saturated heterocycles. The lowest BCUT2D eigenvalue weighted by molar-refractivity contribution is 0.0964. The molecule has 2 amide bonds. The Bertz CT molecular complexity index is 1420. The van der Waals surface area contributed by atoms with E-state index in [1.54, 1.807) is 24.5 Å². The maximum Gasteiger partial charge on any atom is 0.326 e. The highest BCUT2D eigenvalue weighted by Gasteiger charge is 2.28. The number of Topliss-reactive ketones (excluding diaryl/α,β-unsaturated/α-hetero) is 1. The minimum Gasteiger partial charge on any atom is -0.359 e. The molecule has 0 aliphatic carbocycles. The number of rotatable bonds is 6. The number of nitrogens with one attached hydrogen (secondary N) is 3. The van der Waals surface area contributed by atoms with Crippen molar-refractivity contribution in [3.63, 3.8) is 0 Å². The Morgan fingerprint density at radius 2 is 1.94 bits per heavy atom. The van der Waals surface area contributed by atoms with Gasteiger partial charge in [-0.05, 0) is 63.1 Å². The smallest absolute Gasteiger partial charge is 0.326 e. The van der Waals surface area contributed by atoms with Gasteiger partial charge in [0.25, 0.3) is 0 Å². The molecule has 10 nitrogen and oxygen atoms in total. The highest BCUT2D eigenvalue weighted by molar-refractivity contribution is 7.16. The summed E-state index contributed by atoms with van der Waals surface area (Å²) in [6.07, 6.45) is 2.86. The predicted octanol–water partition coefficient (Wildman–Crippen LogP) is 4.77. The molecule has 36 heavy (non-hydrogen) atoms. The number of anilines is 3. The number of benzene rings is 1. The van der Waals surface area contributed by atoms with Gasteiger partial charge >= 0.3 is 6.03 Å². The molecule has 1 unspecified atom stereocenters. The number of hydrogen-bond donors (Lipinski definition) is 3. The highest BCUT2D eigenvalue weighted by atomic mass is 32.1. The van der Waals surface area contributed by atoms with E-state index in [1.165, 1.54) is 35.6 Å². The molecule has 4 heterocycles. The van der Waals surface area contributed by atoms with Gasteiger partial charge in [0.05, 0.1) is 10.9 Å². The van der Waals surface area contributed by atoms with E-state index in [9.17, 15) is 14.0 Å². The van der Waals surface area contributed by atoms with Crippen LogP contribution in [0, 0.1) is 5.82 Å². The number of aromatic nitrogens is 5. The first-order valence-electron chi connectivity index (χ1n) is 11.4. The third-order valence-electron chi connectivity index (χ3n) is 5.68. The summed E-state index contributed by atoms with van der Waals surface area (Å²) in [4.78, 5) is 35.3. The zero-order valence-corrected chi connectivity index (χ0v) is 20.3. The molecule has 0 saturated carbocycles. The summed E-state index contributed by atoms with van der Waals surface area (Å²) in [5.74, 6) is 1.01. The van der Waals surface area contributed by atoms with Gasteiger partial charge in [-0.3, -0.25) is 15.4 Å². The van der Waals surface area contributed by atoms with Crippen LogP contribution >= 0.6 is 11.3 Å². The number of fused-ring (bicyclic) bond motifs is 1. The highest BCUT2D eigenvalue weighted by Crippen LogP contribution is 2.33. The Balaban J connectivity index is 1.23. The lowest BCUT2D eigenvalue weighted by atomic mass is 9.97. The van der Waals surface area contributed by atoms with Crippen molar-refractivity contribution in [3.05, 3.63) is 65.0 Å². The van der Waals surface area contributed by atoms with Gasteiger partial charge in [0.2, 0.25) is 0 Å². The van der Waals surface area contributed by atoms with E-state index < -0.39 is 12.1 Å². The SMILES string of the molecule is CC(C)n1cnnc1-c1cccc(NC(=O)Nc2nc3c(s2)CCC(C(=O)c2ccc(F)cc2)N3)n1. The minimum absolute atomic E-state index is 0.125. The average molecular weight is 507 g/mol. The number of nitrogens with zero attached hydrogens (tertiary/aromatic N) is 5. The first-order valence-corrected chi connectivity index (χ1v) is 12.2. The zero-order chi connectivity index (χ0) is 25.2. The van der Waals surface area contributed by atoms with Crippen LogP contribution in [-0.4, -0.2) is 42.6 Å². The lowest BCUT2D eigenvalue weighted by Gasteiger charge is -2.22. The molecular formula is C24H23FN8O2S. The van der Waals surface area contributed by atoms with Crippen molar-refractivity contribution in [3.8, 4) is 11.5 Å². The van der Waals surface area contributed by atoms with Crippen LogP contribution in [0.1, 0.15) is 41.5 Å². The van der Waals surface area contributed by atoms with Crippen LogP contribution in [0.15, 0.2) is 48.8 Å². The molecule has 0 bridgehead atoms. The maximum atomic E-state index is 13.2. The number of pyridine rings is 1. The number of amides is 2. The molecule has 0 fully saturated rings. The Labute approximate surface area is 210 Å². The molecule has 1 aliphatic heterocycles. The normalized spacial score (nSPS) is 14.7. The Kier molecular flexibility index (Phi) is 6.42. The van der Waals surface area contributed by atoms with Gasteiger partial charge in [0, 0.05) is 11.6 Å². The van der Waals surface area contributed by atoms with Gasteiger partial charge in [0.1, 0.15) is 29.5 Å². The van der Waals surface area contributed by atoms with Crippen molar-refractivity contribution in [2.24, 2.45) is 0 Å². The van der Waals surface area contributed by atoms with Crippen molar-refractivity contribution in [1.82, 2.24) is 24.7 Å². The molecule has 3 aromatic heterocycles. The number of thiazole rings is 1. The minimum atomic E-state index is -0.491. The van der Waals surface area contributed by atoms with E-state index in [0.717, 1.165) is 4.88 Å². The summed E-state index contributed by atoms with van der Waals surface area (Å²) >= 11 is 1.34. The molecule has 1 aromatic carbocycles. The van der Waals surface area contributed by atoms with Crippen LogP contribution in [0.3, 0.4) is 0 Å². The number of aryl methyl sites for hydroxylation is 1. The monoisotopic (exact) mass is 506 g/mol. The lowest BCUT2D eigenvalue weighted by Crippen LogP contribution is -2.33. The van der Waals surface area contributed by atoms with Gasteiger partial charge in [-0.2, -0.15) is 0 Å². The third kappa shape index (κ3) is 4.93. The second-order valence-electron chi connectivity index (χ2n) is 8.54. The number of halogens is 1. The van der Waals surface area contributed by atoms with Crippen LogP contribution in [0.25, 0.3) is 11.5 Å². The first kappa shape index (κ1) is 23.5. The van der Waals surface area contributed by atoms with Crippen LogP contribution in [-0.2, 0) is 6.42 Å². The van der Waals surface area contributed by atoms with Gasteiger partial charge in [0.15, 0.2) is 16.7 Å². The van der Waals surface area contributed by atoms with Crippen LogP contribution in [0.4, 0.5) is 26.0 Å². The summed E-state index contributed by atoms with van der Waals surface area (Å²) < 4.78 is 15.1. The summed E-state index contributed by atoms with van der Waals surface area (Å²) in [5.41, 5.74) is 1.02. The number of carbonyl (C=O) groups excluding carboxylic acids is 2. The van der Waals surface area contributed by atoms with E-state index in [1.807, 2.05) is 18.4 Å². The molecule has 1 aliphatic rings. The summed E-state index contributed by atoms with van der Waals surface area (Å²) in [7, 11) is 0. The zero-order valence-electron chi connectivity index (χ0n) is 19.5. The number of ketones is 1. The molecule has 3 N–H and O–H groups in total. The van der Waals surface area contributed by atoms with E-state index in [0.29, 0.717) is 46.7 Å². The summed E-state index contributed by atoms with van der Waals surface area (Å²) in [6, 6.07) is 9.95. The van der Waals surface area contributed by atoms with Crippen molar-refractivity contribution in [2.75, 3.05) is 16.0 Å². The fourth-order valence-corrected chi connectivity index (χ4v) is 4.82. The Morgan fingerprint density at radius 3 is 2.72 bits per heavy atom. The molecule has 5 rings (SSSR count). The molecule has 0 radical (unpaired) electrons. The fourth-order valence-electron chi connectivity index (χ4n) is 3.89. The second-order valence-corrected chi connectivity index (χ2v) is 9.62. The van der Waals surface area contributed by atoms with Crippen molar-refractivity contribution >= 4 is 39.9 Å². The first-order chi connectivity index (χ1) is 17.4. The number of hydrogen-bond acceptors (Lipinski definition) is 8. The average Bonchev–Trinajstić information content (AvgIpc) is 3.51. The number of carbonyl (C=O) groups is 2. The van der Waals surface area contributed by atoms with Gasteiger partial charge < -0.3 is 9.88 Å². The standard InChI is InChI=1S/C24H23FN8O2S/c1-13(2)33-12-26-32-22(33)17-4-3-5-19(27-17)29-23(35)31-24-30-21-18(36-24)11-10-16(28-21)20(34)14-6-8-15(25)9-7-14/h3-9,12-13,16,28H,10-11H2,1-2H3,(H2,27,29,30,31,35). The van der Waals surface area contributed by atoms with Crippen LogP contribution in [0.5, 0.6) is 0 Å². The fraction of sp³-hybridized carbons (Fsp3) is 0.250. The molecule has 4 aromatic rings. The quantitative estimate of drug-likeness (QED) is 0.322. The Hall–Kier alpha value is -4.19. The van der Waals surface area contributed by atoms with Crippen LogP contribution < -0.4 is 16.0 Å². The predicted molar refractivity (Wildman–Crippen MR) is 135 cm³/mol. The van der Waals surface area contributed by atoms with E-state index in [-0.39, 0.29) is 17.6 Å². The second kappa shape index (κ2) is 9.82. The van der Waals surface area contributed by atoms with Crippen LogP contribution in [0.2, 0.25) is 0 Å². The third-order valence-corrected chi connectivity index (χ3v) is 6.71.